The Hall–Kier alpha value is -2.38. The third-order valence-corrected chi connectivity index (χ3v) is 4.37. The van der Waals surface area contributed by atoms with Gasteiger partial charge in [-0.05, 0) is 35.9 Å². The fourth-order valence-electron chi connectivity index (χ4n) is 2.01. The zero-order chi connectivity index (χ0) is 15.7. The minimum absolute atomic E-state index is 0.0520. The largest absolute Gasteiger partial charge is 0.545 e. The van der Waals surface area contributed by atoms with Gasteiger partial charge in [-0.2, -0.15) is 0 Å². The number of nitrogens with zero attached hydrogens (tertiary/aromatic N) is 1. The first kappa shape index (κ1) is 14.6. The Morgan fingerprint density at radius 1 is 1.27 bits per heavy atom. The number of aromatic carboxylic acids is 1. The molecule has 2 aromatic rings. The first-order valence-electron chi connectivity index (χ1n) is 6.29. The number of carbonyl (C=O) groups is 2. The molecule has 0 bridgehead atoms. The molecule has 1 fully saturated rings. The fourth-order valence-corrected chi connectivity index (χ4v) is 3.30. The number of benzene rings is 1. The van der Waals surface area contributed by atoms with Crippen molar-refractivity contribution in [1.29, 1.82) is 0 Å². The predicted octanol–water partition coefficient (Wildman–Crippen LogP) is 1.78. The summed E-state index contributed by atoms with van der Waals surface area (Å²) in [5.74, 6) is -1.49. The van der Waals surface area contributed by atoms with Crippen LogP contribution in [0.3, 0.4) is 0 Å². The van der Waals surface area contributed by atoms with Gasteiger partial charge in [-0.3, -0.25) is 9.69 Å². The lowest BCUT2D eigenvalue weighted by atomic mass is 10.2. The quantitative estimate of drug-likeness (QED) is 0.686. The zero-order valence-corrected chi connectivity index (χ0v) is 12.7. The Kier molecular flexibility index (Phi) is 3.82. The van der Waals surface area contributed by atoms with Gasteiger partial charge in [0, 0.05) is 11.9 Å². The van der Waals surface area contributed by atoms with E-state index in [1.165, 1.54) is 40.9 Å². The van der Waals surface area contributed by atoms with Crippen LogP contribution in [0, 0.1) is 0 Å². The molecule has 0 atom stereocenters. The molecule has 1 amide bonds. The summed E-state index contributed by atoms with van der Waals surface area (Å²) in [4.78, 5) is 28.1. The summed E-state index contributed by atoms with van der Waals surface area (Å²) >= 11 is 6.45. The molecule has 7 heteroatoms. The lowest BCUT2D eigenvalue weighted by molar-refractivity contribution is -0.255. The van der Waals surface area contributed by atoms with E-state index in [4.69, 9.17) is 12.2 Å². The maximum absolute atomic E-state index is 12.5. The summed E-state index contributed by atoms with van der Waals surface area (Å²) < 4.78 is 0.406. The Morgan fingerprint density at radius 2 is 2.00 bits per heavy atom. The van der Waals surface area contributed by atoms with Crippen molar-refractivity contribution in [3.05, 3.63) is 58.8 Å². The standard InChI is InChI=1S/C15H10N2O3S2/c18-13-12(8-10-2-1-7-16-10)22-15(21)17(13)11-5-3-9(4-6-11)14(19)20/h1-8,16H,(H,19,20)/p-1/b12-8-. The minimum Gasteiger partial charge on any atom is -0.545 e. The molecule has 1 saturated heterocycles. The number of amides is 1. The smallest absolute Gasteiger partial charge is 0.270 e. The van der Waals surface area contributed by atoms with Crippen molar-refractivity contribution in [2.45, 2.75) is 0 Å². The van der Waals surface area contributed by atoms with E-state index in [0.717, 1.165) is 5.69 Å². The number of carbonyl (C=O) groups excluding carboxylic acids is 2. The lowest BCUT2D eigenvalue weighted by Gasteiger charge is -2.15. The second-order valence-electron chi connectivity index (χ2n) is 4.48. The van der Waals surface area contributed by atoms with Gasteiger partial charge >= 0.3 is 0 Å². The van der Waals surface area contributed by atoms with Crippen molar-refractivity contribution >= 4 is 51.9 Å². The normalized spacial score (nSPS) is 16.5. The van der Waals surface area contributed by atoms with Crippen LogP contribution in [0.1, 0.15) is 16.1 Å². The van der Waals surface area contributed by atoms with Crippen LogP contribution in [0.25, 0.3) is 6.08 Å². The molecule has 0 spiro atoms. The van der Waals surface area contributed by atoms with Crippen molar-refractivity contribution in [1.82, 2.24) is 4.98 Å². The average molecular weight is 329 g/mol. The highest BCUT2D eigenvalue weighted by atomic mass is 32.2. The van der Waals surface area contributed by atoms with Crippen LogP contribution < -0.4 is 10.0 Å². The summed E-state index contributed by atoms with van der Waals surface area (Å²) in [6.45, 7) is 0. The maximum Gasteiger partial charge on any atom is 0.270 e. The second kappa shape index (κ2) is 5.78. The van der Waals surface area contributed by atoms with E-state index in [1.54, 1.807) is 12.3 Å². The fraction of sp³-hybridized carbons (Fsp3) is 0. The zero-order valence-electron chi connectivity index (χ0n) is 11.1. The van der Waals surface area contributed by atoms with E-state index < -0.39 is 5.97 Å². The van der Waals surface area contributed by atoms with Gasteiger partial charge in [-0.25, -0.2) is 0 Å². The van der Waals surface area contributed by atoms with Crippen molar-refractivity contribution in [2.75, 3.05) is 4.90 Å². The summed E-state index contributed by atoms with van der Waals surface area (Å²) in [5, 5.41) is 10.8. The number of thioether (sulfide) groups is 1. The molecule has 0 saturated carbocycles. The monoisotopic (exact) mass is 329 g/mol. The predicted molar refractivity (Wildman–Crippen MR) is 87.2 cm³/mol. The van der Waals surface area contributed by atoms with Crippen LogP contribution >= 0.6 is 24.0 Å². The molecule has 0 radical (unpaired) electrons. The Morgan fingerprint density at radius 3 is 2.59 bits per heavy atom. The summed E-state index contributed by atoms with van der Waals surface area (Å²) in [6, 6.07) is 9.53. The maximum atomic E-state index is 12.5. The number of thiocarbonyl (C=S) groups is 1. The minimum atomic E-state index is -1.26. The van der Waals surface area contributed by atoms with Gasteiger partial charge < -0.3 is 14.9 Å². The molecule has 1 N–H and O–H groups in total. The van der Waals surface area contributed by atoms with E-state index in [2.05, 4.69) is 4.98 Å². The van der Waals surface area contributed by atoms with E-state index in [-0.39, 0.29) is 11.5 Å². The highest BCUT2D eigenvalue weighted by Crippen LogP contribution is 2.35. The molecule has 0 aliphatic carbocycles. The number of carboxylic acids is 1. The van der Waals surface area contributed by atoms with Gasteiger partial charge in [-0.15, -0.1) is 0 Å². The number of hydrogen-bond donors (Lipinski definition) is 1. The van der Waals surface area contributed by atoms with Crippen LogP contribution in [0.5, 0.6) is 0 Å². The number of hydrogen-bond acceptors (Lipinski definition) is 5. The molecule has 5 nitrogen and oxygen atoms in total. The first-order valence-corrected chi connectivity index (χ1v) is 7.51. The van der Waals surface area contributed by atoms with Crippen LogP contribution in [0.15, 0.2) is 47.5 Å². The molecule has 0 unspecified atom stereocenters. The molecular formula is C15H9N2O3S2-. The molecular weight excluding hydrogens is 320 g/mol. The Labute approximate surface area is 135 Å². The van der Waals surface area contributed by atoms with E-state index in [0.29, 0.717) is 14.9 Å². The topological polar surface area (TPSA) is 76.2 Å². The molecule has 2 heterocycles. The molecule has 1 aromatic heterocycles. The lowest BCUT2D eigenvalue weighted by Crippen LogP contribution is -2.28. The molecule has 22 heavy (non-hydrogen) atoms. The number of rotatable bonds is 3. The number of carboxylic acid groups (broad SMARTS) is 1. The van der Waals surface area contributed by atoms with Gasteiger partial charge in [0.1, 0.15) is 0 Å². The molecule has 3 rings (SSSR count). The molecule has 1 aliphatic heterocycles. The van der Waals surface area contributed by atoms with E-state index in [1.807, 2.05) is 12.1 Å². The van der Waals surface area contributed by atoms with E-state index >= 15 is 0 Å². The number of aromatic amines is 1. The average Bonchev–Trinajstić information content (AvgIpc) is 3.09. The third kappa shape index (κ3) is 2.68. The number of nitrogens with one attached hydrogen (secondary N) is 1. The van der Waals surface area contributed by atoms with Crippen LogP contribution in [0.2, 0.25) is 0 Å². The highest BCUT2D eigenvalue weighted by molar-refractivity contribution is 8.27. The summed E-state index contributed by atoms with van der Waals surface area (Å²) in [5.41, 5.74) is 1.39. The van der Waals surface area contributed by atoms with Gasteiger partial charge in [0.15, 0.2) is 4.32 Å². The van der Waals surface area contributed by atoms with Crippen LogP contribution in [-0.2, 0) is 4.79 Å². The van der Waals surface area contributed by atoms with Gasteiger partial charge in [-0.1, -0.05) is 36.1 Å². The van der Waals surface area contributed by atoms with Gasteiger partial charge in [0.2, 0.25) is 0 Å². The van der Waals surface area contributed by atoms with Crippen LogP contribution in [-0.4, -0.2) is 21.2 Å². The second-order valence-corrected chi connectivity index (χ2v) is 6.15. The number of aromatic nitrogens is 1. The SMILES string of the molecule is O=C([O-])c1ccc(N2C(=O)/C(=C/c3ccc[nH]3)SC2=S)cc1. The van der Waals surface area contributed by atoms with Crippen molar-refractivity contribution in [2.24, 2.45) is 0 Å². The Balaban J connectivity index is 1.90. The molecule has 1 aromatic carbocycles. The van der Waals surface area contributed by atoms with Crippen LogP contribution in [0.4, 0.5) is 5.69 Å². The van der Waals surface area contributed by atoms with E-state index in [9.17, 15) is 14.7 Å². The molecule has 1 aliphatic rings. The highest BCUT2D eigenvalue weighted by Gasteiger charge is 2.33. The van der Waals surface area contributed by atoms with Crippen molar-refractivity contribution in [3.63, 3.8) is 0 Å². The van der Waals surface area contributed by atoms with Crippen molar-refractivity contribution < 1.29 is 14.7 Å². The third-order valence-electron chi connectivity index (χ3n) is 3.06. The van der Waals surface area contributed by atoms with Gasteiger partial charge in [0.25, 0.3) is 5.91 Å². The number of anilines is 1. The Bertz CT molecular complexity index is 780. The first-order chi connectivity index (χ1) is 10.6. The summed E-state index contributed by atoms with van der Waals surface area (Å²) in [6.07, 6.45) is 3.50. The van der Waals surface area contributed by atoms with Crippen molar-refractivity contribution in [3.8, 4) is 0 Å². The molecule has 110 valence electrons. The number of H-pyrrole nitrogens is 1. The summed E-state index contributed by atoms with van der Waals surface area (Å²) in [7, 11) is 0. The van der Waals surface area contributed by atoms with Gasteiger partial charge in [0.05, 0.1) is 16.6 Å².